The van der Waals surface area contributed by atoms with Gasteiger partial charge < -0.3 is 15.8 Å². The Bertz CT molecular complexity index is 363. The summed E-state index contributed by atoms with van der Waals surface area (Å²) in [5.41, 5.74) is 7.83. The number of benzene rings is 1. The largest absolute Gasteiger partial charge is 0.379 e. The monoisotopic (exact) mass is 300 g/mol. The number of ether oxygens (including phenoxy) is 1. The Morgan fingerprint density at radius 3 is 2.59 bits per heavy atom. The highest BCUT2D eigenvalue weighted by Crippen LogP contribution is 2.24. The van der Waals surface area contributed by atoms with Crippen LogP contribution in [0.15, 0.2) is 22.7 Å². The fraction of sp³-hybridized carbons (Fsp3) is 0.538. The highest BCUT2D eigenvalue weighted by atomic mass is 79.9. The van der Waals surface area contributed by atoms with Crippen molar-refractivity contribution in [1.29, 1.82) is 0 Å². The summed E-state index contributed by atoms with van der Waals surface area (Å²) in [5, 5.41) is 3.46. The van der Waals surface area contributed by atoms with E-state index in [-0.39, 0.29) is 11.6 Å². The van der Waals surface area contributed by atoms with E-state index in [1.165, 1.54) is 5.56 Å². The zero-order valence-corrected chi connectivity index (χ0v) is 12.5. The van der Waals surface area contributed by atoms with Crippen LogP contribution >= 0.6 is 15.9 Å². The van der Waals surface area contributed by atoms with Crippen molar-refractivity contribution in [2.75, 3.05) is 19.0 Å². The number of aryl methyl sites for hydroxylation is 1. The molecule has 1 aromatic carbocycles. The van der Waals surface area contributed by atoms with E-state index < -0.39 is 0 Å². The van der Waals surface area contributed by atoms with Gasteiger partial charge in [-0.3, -0.25) is 0 Å². The molecule has 4 heteroatoms. The molecule has 0 aliphatic rings. The van der Waals surface area contributed by atoms with Gasteiger partial charge in [0.05, 0.1) is 11.6 Å². The molecule has 0 saturated carbocycles. The van der Waals surface area contributed by atoms with Gasteiger partial charge in [-0.1, -0.05) is 15.9 Å². The fourth-order valence-corrected chi connectivity index (χ4v) is 2.32. The van der Waals surface area contributed by atoms with Crippen LogP contribution in [0, 0.1) is 6.92 Å². The van der Waals surface area contributed by atoms with Crippen molar-refractivity contribution >= 4 is 21.6 Å². The van der Waals surface area contributed by atoms with Crippen LogP contribution in [-0.2, 0) is 4.74 Å². The van der Waals surface area contributed by atoms with Crippen molar-refractivity contribution in [3.8, 4) is 0 Å². The van der Waals surface area contributed by atoms with Crippen LogP contribution in [0.25, 0.3) is 0 Å². The van der Waals surface area contributed by atoms with Gasteiger partial charge in [-0.25, -0.2) is 0 Å². The summed E-state index contributed by atoms with van der Waals surface area (Å²) < 4.78 is 6.44. The van der Waals surface area contributed by atoms with E-state index in [1.807, 2.05) is 13.0 Å². The molecule has 0 fully saturated rings. The van der Waals surface area contributed by atoms with Crippen LogP contribution in [-0.4, -0.2) is 25.3 Å². The molecular weight excluding hydrogens is 280 g/mol. The Balaban J connectivity index is 2.94. The van der Waals surface area contributed by atoms with E-state index >= 15 is 0 Å². The number of nitrogens with two attached hydrogens (primary N) is 1. The topological polar surface area (TPSA) is 47.3 Å². The molecule has 0 spiro atoms. The molecule has 2 atom stereocenters. The molecule has 0 aliphatic carbocycles. The first-order valence-electron chi connectivity index (χ1n) is 5.69. The molecule has 3 N–H and O–H groups in total. The van der Waals surface area contributed by atoms with Gasteiger partial charge in [0.1, 0.15) is 0 Å². The summed E-state index contributed by atoms with van der Waals surface area (Å²) in [6, 6.07) is 6.22. The van der Waals surface area contributed by atoms with Crippen molar-refractivity contribution in [2.24, 2.45) is 5.73 Å². The van der Waals surface area contributed by atoms with Gasteiger partial charge in [0.25, 0.3) is 0 Å². The average molecular weight is 301 g/mol. The molecule has 2 unspecified atom stereocenters. The van der Waals surface area contributed by atoms with Gasteiger partial charge in [-0.2, -0.15) is 0 Å². The molecule has 3 nitrogen and oxygen atoms in total. The van der Waals surface area contributed by atoms with Crippen LogP contribution in [0.2, 0.25) is 0 Å². The maximum absolute atomic E-state index is 5.85. The lowest BCUT2D eigenvalue weighted by atomic mass is 9.95. The second kappa shape index (κ2) is 5.85. The number of hydrogen-bond donors (Lipinski definition) is 2. The lowest BCUT2D eigenvalue weighted by Gasteiger charge is -2.35. The lowest BCUT2D eigenvalue weighted by molar-refractivity contribution is 0.0688. The quantitative estimate of drug-likeness (QED) is 0.879. The Labute approximate surface area is 112 Å². The van der Waals surface area contributed by atoms with E-state index in [0.29, 0.717) is 6.54 Å². The molecule has 0 saturated heterocycles. The highest BCUT2D eigenvalue weighted by molar-refractivity contribution is 9.10. The third-order valence-electron chi connectivity index (χ3n) is 3.15. The summed E-state index contributed by atoms with van der Waals surface area (Å²) in [4.78, 5) is 0. The van der Waals surface area contributed by atoms with Crippen molar-refractivity contribution in [2.45, 2.75) is 32.4 Å². The van der Waals surface area contributed by atoms with E-state index in [0.717, 1.165) is 10.2 Å². The molecule has 0 heterocycles. The Morgan fingerprint density at radius 1 is 1.47 bits per heavy atom. The van der Waals surface area contributed by atoms with E-state index in [1.54, 1.807) is 7.11 Å². The molecule has 0 amide bonds. The van der Waals surface area contributed by atoms with Crippen LogP contribution in [0.1, 0.15) is 19.4 Å². The van der Waals surface area contributed by atoms with Gasteiger partial charge in [0.15, 0.2) is 0 Å². The molecule has 1 rings (SSSR count). The summed E-state index contributed by atoms with van der Waals surface area (Å²) in [5.74, 6) is 0. The predicted octanol–water partition coefficient (Wildman–Crippen LogP) is 2.92. The van der Waals surface area contributed by atoms with Gasteiger partial charge >= 0.3 is 0 Å². The van der Waals surface area contributed by atoms with Gasteiger partial charge in [0, 0.05) is 23.8 Å². The van der Waals surface area contributed by atoms with E-state index in [4.69, 9.17) is 10.5 Å². The Kier molecular flexibility index (Phi) is 4.98. The zero-order valence-electron chi connectivity index (χ0n) is 10.9. The van der Waals surface area contributed by atoms with Crippen LogP contribution in [0.4, 0.5) is 5.69 Å². The zero-order chi connectivity index (χ0) is 13.1. The molecule has 0 radical (unpaired) electrons. The number of nitrogens with one attached hydrogen (secondary N) is 1. The first kappa shape index (κ1) is 14.5. The first-order chi connectivity index (χ1) is 7.91. The second-order valence-electron chi connectivity index (χ2n) is 4.64. The van der Waals surface area contributed by atoms with Gasteiger partial charge in [0.2, 0.25) is 0 Å². The minimum absolute atomic E-state index is 0.0341. The first-order valence-corrected chi connectivity index (χ1v) is 6.49. The van der Waals surface area contributed by atoms with E-state index in [9.17, 15) is 0 Å². The molecule has 0 bridgehead atoms. The van der Waals surface area contributed by atoms with E-state index in [2.05, 4.69) is 47.2 Å². The molecule has 17 heavy (non-hydrogen) atoms. The highest BCUT2D eigenvalue weighted by Gasteiger charge is 2.29. The van der Waals surface area contributed by atoms with Crippen LogP contribution in [0.5, 0.6) is 0 Å². The Morgan fingerprint density at radius 2 is 2.12 bits per heavy atom. The van der Waals surface area contributed by atoms with Crippen molar-refractivity contribution in [3.63, 3.8) is 0 Å². The summed E-state index contributed by atoms with van der Waals surface area (Å²) >= 11 is 3.49. The molecule has 0 aromatic heterocycles. The summed E-state index contributed by atoms with van der Waals surface area (Å²) in [6.07, 6.45) is 0.0341. The average Bonchev–Trinajstić information content (AvgIpc) is 2.26. The van der Waals surface area contributed by atoms with Gasteiger partial charge in [-0.05, 0) is 44.5 Å². The Hall–Kier alpha value is -0.580. The third kappa shape index (κ3) is 3.69. The fourth-order valence-electron chi connectivity index (χ4n) is 1.72. The minimum Gasteiger partial charge on any atom is -0.379 e. The van der Waals surface area contributed by atoms with Crippen molar-refractivity contribution in [1.82, 2.24) is 0 Å². The molecule has 96 valence electrons. The lowest BCUT2D eigenvalue weighted by Crippen LogP contribution is -2.51. The smallest absolute Gasteiger partial charge is 0.0782 e. The molecular formula is C13H21BrN2O. The maximum Gasteiger partial charge on any atom is 0.0782 e. The molecule has 1 aromatic rings. The molecule has 0 aliphatic heterocycles. The maximum atomic E-state index is 5.85. The second-order valence-corrected chi connectivity index (χ2v) is 5.56. The summed E-state index contributed by atoms with van der Waals surface area (Å²) in [7, 11) is 1.70. The SMILES string of the molecule is COC(C)C(C)(CN)Nc1cc(C)cc(Br)c1. The number of rotatable bonds is 5. The standard InChI is InChI=1S/C13H21BrN2O/c1-9-5-11(14)7-12(6-9)16-13(3,8-15)10(2)17-4/h5-7,10,16H,8,15H2,1-4H3. The van der Waals surface area contributed by atoms with Crippen molar-refractivity contribution < 1.29 is 4.74 Å². The van der Waals surface area contributed by atoms with Crippen LogP contribution in [0.3, 0.4) is 0 Å². The number of halogens is 1. The predicted molar refractivity (Wildman–Crippen MR) is 76.4 cm³/mol. The number of anilines is 1. The van der Waals surface area contributed by atoms with Crippen LogP contribution < -0.4 is 11.1 Å². The normalized spacial score (nSPS) is 16.4. The minimum atomic E-state index is -0.276. The van der Waals surface area contributed by atoms with Crippen molar-refractivity contribution in [3.05, 3.63) is 28.2 Å². The summed E-state index contributed by atoms with van der Waals surface area (Å²) in [6.45, 7) is 6.66. The van der Waals surface area contributed by atoms with Gasteiger partial charge in [-0.15, -0.1) is 0 Å². The number of hydrogen-bond acceptors (Lipinski definition) is 3. The third-order valence-corrected chi connectivity index (χ3v) is 3.60. The number of methoxy groups -OCH3 is 1.